The number of nitrogens with zero attached hydrogens (tertiary/aromatic N) is 1. The summed E-state index contributed by atoms with van der Waals surface area (Å²) in [6, 6.07) is 18.9. The molecule has 0 bridgehead atoms. The van der Waals surface area contributed by atoms with Gasteiger partial charge in [0.1, 0.15) is 5.75 Å². The molecule has 3 rings (SSSR count). The van der Waals surface area contributed by atoms with Gasteiger partial charge in [-0.1, -0.05) is 35.9 Å². The SMILES string of the molecule is Cc1ccc(N=Cc2ccccc2OCC(=O)Nc2ccc(C)c(Cl)c2)cc1C. The largest absolute Gasteiger partial charge is 0.483 e. The molecule has 3 aromatic rings. The monoisotopic (exact) mass is 406 g/mol. The van der Waals surface area contributed by atoms with Crippen molar-refractivity contribution in [2.45, 2.75) is 20.8 Å². The molecule has 4 nitrogen and oxygen atoms in total. The van der Waals surface area contributed by atoms with E-state index in [1.165, 1.54) is 11.1 Å². The Balaban J connectivity index is 1.65. The molecule has 3 aromatic carbocycles. The van der Waals surface area contributed by atoms with Crippen molar-refractivity contribution < 1.29 is 9.53 Å². The normalized spacial score (nSPS) is 10.9. The van der Waals surface area contributed by atoms with Crippen LogP contribution in [0.5, 0.6) is 5.75 Å². The second-order valence-electron chi connectivity index (χ2n) is 6.87. The highest BCUT2D eigenvalue weighted by molar-refractivity contribution is 6.31. The molecule has 0 aliphatic carbocycles. The van der Waals surface area contributed by atoms with Gasteiger partial charge in [0.2, 0.25) is 0 Å². The molecule has 0 spiro atoms. The van der Waals surface area contributed by atoms with Crippen molar-refractivity contribution in [1.29, 1.82) is 0 Å². The van der Waals surface area contributed by atoms with Crippen molar-refractivity contribution in [3.05, 3.63) is 87.9 Å². The topological polar surface area (TPSA) is 50.7 Å². The molecule has 0 unspecified atom stereocenters. The molecule has 1 amide bonds. The van der Waals surface area contributed by atoms with Gasteiger partial charge in [-0.3, -0.25) is 9.79 Å². The van der Waals surface area contributed by atoms with E-state index in [-0.39, 0.29) is 12.5 Å². The first-order valence-corrected chi connectivity index (χ1v) is 9.69. The van der Waals surface area contributed by atoms with E-state index in [1.807, 2.05) is 61.5 Å². The lowest BCUT2D eigenvalue weighted by Gasteiger charge is -2.10. The number of rotatable bonds is 6. The summed E-state index contributed by atoms with van der Waals surface area (Å²) in [7, 11) is 0. The standard InChI is InChI=1S/C24H23ClN2O2/c1-16-8-10-20(12-18(16)3)26-14-19-6-4-5-7-23(19)29-15-24(28)27-21-11-9-17(2)22(25)13-21/h4-14H,15H2,1-3H3,(H,27,28). The molecular formula is C24H23ClN2O2. The smallest absolute Gasteiger partial charge is 0.262 e. The number of para-hydroxylation sites is 1. The van der Waals surface area contributed by atoms with Gasteiger partial charge in [-0.15, -0.1) is 0 Å². The Morgan fingerprint density at radius 1 is 1.00 bits per heavy atom. The van der Waals surface area contributed by atoms with Gasteiger partial charge >= 0.3 is 0 Å². The van der Waals surface area contributed by atoms with Gasteiger partial charge < -0.3 is 10.1 Å². The summed E-state index contributed by atoms with van der Waals surface area (Å²) in [5.74, 6) is 0.336. The minimum Gasteiger partial charge on any atom is -0.483 e. The highest BCUT2D eigenvalue weighted by atomic mass is 35.5. The average molecular weight is 407 g/mol. The number of amides is 1. The van der Waals surface area contributed by atoms with E-state index in [1.54, 1.807) is 12.3 Å². The number of carbonyl (C=O) groups excluding carboxylic acids is 1. The fourth-order valence-electron chi connectivity index (χ4n) is 2.68. The summed E-state index contributed by atoms with van der Waals surface area (Å²) in [6.07, 6.45) is 1.75. The molecule has 0 fully saturated rings. The Morgan fingerprint density at radius 3 is 2.52 bits per heavy atom. The molecule has 5 heteroatoms. The van der Waals surface area contributed by atoms with E-state index in [0.29, 0.717) is 16.5 Å². The zero-order valence-electron chi connectivity index (χ0n) is 16.7. The van der Waals surface area contributed by atoms with Crippen LogP contribution in [0.1, 0.15) is 22.3 Å². The molecule has 148 valence electrons. The minimum absolute atomic E-state index is 0.111. The number of aryl methyl sites for hydroxylation is 3. The average Bonchev–Trinajstić information content (AvgIpc) is 2.70. The molecule has 0 saturated carbocycles. The Bertz CT molecular complexity index is 1060. The zero-order chi connectivity index (χ0) is 20.8. The number of benzene rings is 3. The fourth-order valence-corrected chi connectivity index (χ4v) is 2.86. The Hall–Kier alpha value is -3.11. The summed E-state index contributed by atoms with van der Waals surface area (Å²) in [5.41, 5.74) is 5.69. The Morgan fingerprint density at radius 2 is 1.76 bits per heavy atom. The van der Waals surface area contributed by atoms with Gasteiger partial charge in [-0.2, -0.15) is 0 Å². The number of nitrogens with one attached hydrogen (secondary N) is 1. The van der Waals surface area contributed by atoms with Crippen LogP contribution in [-0.2, 0) is 4.79 Å². The Kier molecular flexibility index (Phi) is 6.68. The maximum absolute atomic E-state index is 12.2. The van der Waals surface area contributed by atoms with E-state index < -0.39 is 0 Å². The fraction of sp³-hybridized carbons (Fsp3) is 0.167. The number of carbonyl (C=O) groups is 1. The molecule has 0 radical (unpaired) electrons. The van der Waals surface area contributed by atoms with Crippen molar-refractivity contribution in [3.8, 4) is 5.75 Å². The summed E-state index contributed by atoms with van der Waals surface area (Å²) >= 11 is 6.10. The summed E-state index contributed by atoms with van der Waals surface area (Å²) in [6.45, 7) is 5.93. The first-order chi connectivity index (χ1) is 13.9. The minimum atomic E-state index is -0.258. The third-order valence-electron chi connectivity index (χ3n) is 4.58. The molecule has 1 N–H and O–H groups in total. The predicted octanol–water partition coefficient (Wildman–Crippen LogP) is 6.03. The van der Waals surface area contributed by atoms with Crippen LogP contribution in [0.25, 0.3) is 0 Å². The van der Waals surface area contributed by atoms with E-state index >= 15 is 0 Å². The van der Waals surface area contributed by atoms with Gasteiger partial charge in [0.25, 0.3) is 5.91 Å². The van der Waals surface area contributed by atoms with E-state index in [9.17, 15) is 4.79 Å². The van der Waals surface area contributed by atoms with Gasteiger partial charge in [0, 0.05) is 22.5 Å². The number of hydrogen-bond donors (Lipinski definition) is 1. The zero-order valence-corrected chi connectivity index (χ0v) is 17.5. The molecule has 0 saturated heterocycles. The van der Waals surface area contributed by atoms with Crippen molar-refractivity contribution in [2.24, 2.45) is 4.99 Å². The maximum atomic E-state index is 12.2. The lowest BCUT2D eigenvalue weighted by molar-refractivity contribution is -0.118. The third-order valence-corrected chi connectivity index (χ3v) is 4.98. The van der Waals surface area contributed by atoms with Crippen LogP contribution in [0.4, 0.5) is 11.4 Å². The summed E-state index contributed by atoms with van der Waals surface area (Å²) in [4.78, 5) is 16.8. The van der Waals surface area contributed by atoms with E-state index in [4.69, 9.17) is 16.3 Å². The molecule has 0 aliphatic heterocycles. The summed E-state index contributed by atoms with van der Waals surface area (Å²) in [5, 5.41) is 3.39. The van der Waals surface area contributed by atoms with Crippen molar-refractivity contribution >= 4 is 35.1 Å². The molecule has 0 heterocycles. The van der Waals surface area contributed by atoms with E-state index in [0.717, 1.165) is 16.8 Å². The van der Waals surface area contributed by atoms with E-state index in [2.05, 4.69) is 24.2 Å². The number of aliphatic imine (C=N–C) groups is 1. The highest BCUT2D eigenvalue weighted by Gasteiger charge is 2.07. The van der Waals surface area contributed by atoms with Crippen LogP contribution in [0.15, 0.2) is 65.7 Å². The molecule has 29 heavy (non-hydrogen) atoms. The van der Waals surface area contributed by atoms with Crippen molar-refractivity contribution in [1.82, 2.24) is 0 Å². The van der Waals surface area contributed by atoms with Gasteiger partial charge in [0.05, 0.1) is 5.69 Å². The number of hydrogen-bond acceptors (Lipinski definition) is 3. The number of halogens is 1. The van der Waals surface area contributed by atoms with Crippen LogP contribution in [0.2, 0.25) is 5.02 Å². The van der Waals surface area contributed by atoms with Crippen LogP contribution >= 0.6 is 11.6 Å². The lowest BCUT2D eigenvalue weighted by atomic mass is 10.1. The molecule has 0 aliphatic rings. The summed E-state index contributed by atoms with van der Waals surface area (Å²) < 4.78 is 5.72. The van der Waals surface area contributed by atoms with Gasteiger partial charge in [0.15, 0.2) is 6.61 Å². The predicted molar refractivity (Wildman–Crippen MR) is 120 cm³/mol. The van der Waals surface area contributed by atoms with Gasteiger partial charge in [-0.25, -0.2) is 0 Å². The van der Waals surface area contributed by atoms with Gasteiger partial charge in [-0.05, 0) is 73.9 Å². The molecular weight excluding hydrogens is 384 g/mol. The number of anilines is 1. The quantitative estimate of drug-likeness (QED) is 0.508. The van der Waals surface area contributed by atoms with Crippen LogP contribution in [0, 0.1) is 20.8 Å². The van der Waals surface area contributed by atoms with Crippen molar-refractivity contribution in [3.63, 3.8) is 0 Å². The number of ether oxygens (including phenoxy) is 1. The molecule has 0 atom stereocenters. The molecule has 0 aromatic heterocycles. The lowest BCUT2D eigenvalue weighted by Crippen LogP contribution is -2.20. The maximum Gasteiger partial charge on any atom is 0.262 e. The first-order valence-electron chi connectivity index (χ1n) is 9.31. The third kappa shape index (κ3) is 5.69. The second kappa shape index (κ2) is 9.39. The first kappa shape index (κ1) is 20.6. The second-order valence-corrected chi connectivity index (χ2v) is 7.27. The van der Waals surface area contributed by atoms with Crippen molar-refractivity contribution in [2.75, 3.05) is 11.9 Å². The van der Waals surface area contributed by atoms with Crippen LogP contribution in [-0.4, -0.2) is 18.7 Å². The van der Waals surface area contributed by atoms with Crippen LogP contribution < -0.4 is 10.1 Å². The highest BCUT2D eigenvalue weighted by Crippen LogP contribution is 2.21. The Labute approximate surface area is 176 Å². The van der Waals surface area contributed by atoms with Crippen LogP contribution in [0.3, 0.4) is 0 Å².